The third-order valence-electron chi connectivity index (χ3n) is 2.58. The van der Waals surface area contributed by atoms with Crippen LogP contribution in [0.4, 0.5) is 0 Å². The van der Waals surface area contributed by atoms with Crippen molar-refractivity contribution in [1.29, 1.82) is 5.26 Å². The molecule has 0 amide bonds. The normalized spacial score (nSPS) is 10.7. The zero-order valence-corrected chi connectivity index (χ0v) is 9.70. The standard InChI is InChI=1S/C13H18N2/c1-4-15(11(2)3)10-13-7-5-6-12(8-13)9-14/h5-8,11H,4,10H2,1-3H3. The lowest BCUT2D eigenvalue weighted by Crippen LogP contribution is -2.29. The van der Waals surface area contributed by atoms with Gasteiger partial charge in [0, 0.05) is 12.6 Å². The van der Waals surface area contributed by atoms with E-state index in [0.29, 0.717) is 6.04 Å². The van der Waals surface area contributed by atoms with Crippen LogP contribution in [-0.4, -0.2) is 17.5 Å². The zero-order valence-electron chi connectivity index (χ0n) is 9.70. The van der Waals surface area contributed by atoms with Gasteiger partial charge in [-0.3, -0.25) is 4.90 Å². The van der Waals surface area contributed by atoms with E-state index in [-0.39, 0.29) is 0 Å². The topological polar surface area (TPSA) is 27.0 Å². The summed E-state index contributed by atoms with van der Waals surface area (Å²) in [5.74, 6) is 0. The highest BCUT2D eigenvalue weighted by Crippen LogP contribution is 2.09. The van der Waals surface area contributed by atoms with Crippen molar-refractivity contribution in [3.05, 3.63) is 35.4 Å². The van der Waals surface area contributed by atoms with Crippen LogP contribution in [0.5, 0.6) is 0 Å². The van der Waals surface area contributed by atoms with Gasteiger partial charge >= 0.3 is 0 Å². The lowest BCUT2D eigenvalue weighted by molar-refractivity contribution is 0.225. The van der Waals surface area contributed by atoms with Gasteiger partial charge in [0.1, 0.15) is 0 Å². The van der Waals surface area contributed by atoms with E-state index >= 15 is 0 Å². The van der Waals surface area contributed by atoms with Crippen LogP contribution in [-0.2, 0) is 6.54 Å². The Labute approximate surface area is 92.1 Å². The summed E-state index contributed by atoms with van der Waals surface area (Å²) in [7, 11) is 0. The highest BCUT2D eigenvalue weighted by atomic mass is 15.1. The Bertz CT molecular complexity index is 350. The van der Waals surface area contributed by atoms with Gasteiger partial charge in [-0.2, -0.15) is 5.26 Å². The fourth-order valence-electron chi connectivity index (χ4n) is 1.63. The molecule has 80 valence electrons. The second-order valence-corrected chi connectivity index (χ2v) is 3.97. The Morgan fingerprint density at radius 3 is 2.67 bits per heavy atom. The van der Waals surface area contributed by atoms with Crippen LogP contribution in [0.15, 0.2) is 24.3 Å². The van der Waals surface area contributed by atoms with Gasteiger partial charge < -0.3 is 0 Å². The fraction of sp³-hybridized carbons (Fsp3) is 0.462. The van der Waals surface area contributed by atoms with E-state index in [4.69, 9.17) is 5.26 Å². The molecule has 0 radical (unpaired) electrons. The molecule has 2 nitrogen and oxygen atoms in total. The molecule has 0 aliphatic carbocycles. The maximum atomic E-state index is 8.80. The van der Waals surface area contributed by atoms with Crippen molar-refractivity contribution in [1.82, 2.24) is 4.90 Å². The zero-order chi connectivity index (χ0) is 11.3. The smallest absolute Gasteiger partial charge is 0.0991 e. The first-order valence-electron chi connectivity index (χ1n) is 5.40. The van der Waals surface area contributed by atoms with Crippen LogP contribution in [0.25, 0.3) is 0 Å². The van der Waals surface area contributed by atoms with E-state index in [2.05, 4.69) is 37.8 Å². The number of nitrogens with zero attached hydrogens (tertiary/aromatic N) is 2. The first-order chi connectivity index (χ1) is 7.17. The molecule has 0 saturated heterocycles. The monoisotopic (exact) mass is 202 g/mol. The van der Waals surface area contributed by atoms with Gasteiger partial charge in [0.05, 0.1) is 11.6 Å². The Kier molecular flexibility index (Phi) is 4.33. The SMILES string of the molecule is CCN(Cc1cccc(C#N)c1)C(C)C. The third kappa shape index (κ3) is 3.38. The highest BCUT2D eigenvalue weighted by molar-refractivity contribution is 5.32. The van der Waals surface area contributed by atoms with E-state index in [1.807, 2.05) is 18.2 Å². The average Bonchev–Trinajstić information content (AvgIpc) is 2.25. The molecule has 0 saturated carbocycles. The molecule has 0 aliphatic rings. The molecule has 0 N–H and O–H groups in total. The number of nitriles is 1. The first-order valence-corrected chi connectivity index (χ1v) is 5.40. The molecule has 0 heterocycles. The minimum absolute atomic E-state index is 0.542. The lowest BCUT2D eigenvalue weighted by atomic mass is 10.1. The maximum Gasteiger partial charge on any atom is 0.0991 e. The molecule has 2 heteroatoms. The molecule has 0 aromatic heterocycles. The van der Waals surface area contributed by atoms with Crippen LogP contribution < -0.4 is 0 Å². The predicted molar refractivity (Wildman–Crippen MR) is 62.4 cm³/mol. The molecule has 1 rings (SSSR count). The van der Waals surface area contributed by atoms with Gasteiger partial charge in [0.15, 0.2) is 0 Å². The molecule has 0 aliphatic heterocycles. The maximum absolute atomic E-state index is 8.80. The second-order valence-electron chi connectivity index (χ2n) is 3.97. The van der Waals surface area contributed by atoms with Crippen molar-refractivity contribution in [2.45, 2.75) is 33.4 Å². The molecule has 1 aromatic carbocycles. The van der Waals surface area contributed by atoms with Crippen molar-refractivity contribution >= 4 is 0 Å². The molecule has 0 bridgehead atoms. The Morgan fingerprint density at radius 1 is 1.40 bits per heavy atom. The van der Waals surface area contributed by atoms with E-state index < -0.39 is 0 Å². The molecule has 1 aromatic rings. The van der Waals surface area contributed by atoms with Crippen molar-refractivity contribution < 1.29 is 0 Å². The summed E-state index contributed by atoms with van der Waals surface area (Å²) in [6.07, 6.45) is 0. The minimum atomic E-state index is 0.542. The van der Waals surface area contributed by atoms with Gasteiger partial charge in [0.2, 0.25) is 0 Å². The van der Waals surface area contributed by atoms with Crippen LogP contribution in [0.3, 0.4) is 0 Å². The van der Waals surface area contributed by atoms with E-state index in [9.17, 15) is 0 Å². The minimum Gasteiger partial charge on any atom is -0.297 e. The summed E-state index contributed by atoms with van der Waals surface area (Å²) in [6.45, 7) is 8.50. The molecule has 0 fully saturated rings. The van der Waals surface area contributed by atoms with Crippen molar-refractivity contribution in [2.24, 2.45) is 0 Å². The van der Waals surface area contributed by atoms with Crippen LogP contribution in [0.1, 0.15) is 31.9 Å². The third-order valence-corrected chi connectivity index (χ3v) is 2.58. The fourth-order valence-corrected chi connectivity index (χ4v) is 1.63. The number of rotatable bonds is 4. The van der Waals surface area contributed by atoms with E-state index in [1.54, 1.807) is 0 Å². The van der Waals surface area contributed by atoms with Crippen molar-refractivity contribution in [3.8, 4) is 6.07 Å². The lowest BCUT2D eigenvalue weighted by Gasteiger charge is -2.24. The van der Waals surface area contributed by atoms with Gasteiger partial charge in [-0.15, -0.1) is 0 Å². The summed E-state index contributed by atoms with van der Waals surface area (Å²) in [5, 5.41) is 8.80. The Morgan fingerprint density at radius 2 is 2.13 bits per heavy atom. The highest BCUT2D eigenvalue weighted by Gasteiger charge is 2.07. The van der Waals surface area contributed by atoms with Gasteiger partial charge in [0.25, 0.3) is 0 Å². The summed E-state index contributed by atoms with van der Waals surface area (Å²) in [5.41, 5.74) is 1.96. The first kappa shape index (κ1) is 11.7. The van der Waals surface area contributed by atoms with Crippen molar-refractivity contribution in [2.75, 3.05) is 6.54 Å². The average molecular weight is 202 g/mol. The largest absolute Gasteiger partial charge is 0.297 e. The molecule has 0 spiro atoms. The molecular formula is C13H18N2. The molecule has 0 atom stereocenters. The van der Waals surface area contributed by atoms with Crippen LogP contribution >= 0.6 is 0 Å². The number of hydrogen-bond acceptors (Lipinski definition) is 2. The summed E-state index contributed by atoms with van der Waals surface area (Å²) < 4.78 is 0. The molecular weight excluding hydrogens is 184 g/mol. The summed E-state index contributed by atoms with van der Waals surface area (Å²) in [4.78, 5) is 2.37. The number of hydrogen-bond donors (Lipinski definition) is 0. The van der Waals surface area contributed by atoms with Gasteiger partial charge in [-0.05, 0) is 38.1 Å². The van der Waals surface area contributed by atoms with Gasteiger partial charge in [-0.25, -0.2) is 0 Å². The second kappa shape index (κ2) is 5.53. The van der Waals surface area contributed by atoms with Crippen molar-refractivity contribution in [3.63, 3.8) is 0 Å². The van der Waals surface area contributed by atoms with Crippen LogP contribution in [0, 0.1) is 11.3 Å². The van der Waals surface area contributed by atoms with Gasteiger partial charge in [-0.1, -0.05) is 19.1 Å². The van der Waals surface area contributed by atoms with E-state index in [0.717, 1.165) is 18.7 Å². The van der Waals surface area contributed by atoms with Crippen LogP contribution in [0.2, 0.25) is 0 Å². The molecule has 15 heavy (non-hydrogen) atoms. The quantitative estimate of drug-likeness (QED) is 0.750. The predicted octanol–water partition coefficient (Wildman–Crippen LogP) is 2.79. The summed E-state index contributed by atoms with van der Waals surface area (Å²) >= 11 is 0. The Hall–Kier alpha value is -1.33. The van der Waals surface area contributed by atoms with E-state index in [1.165, 1.54) is 5.56 Å². The Balaban J connectivity index is 2.75. The molecule has 0 unspecified atom stereocenters. The number of benzene rings is 1. The summed E-state index contributed by atoms with van der Waals surface area (Å²) in [6, 6.07) is 10.5.